The number of hydrogen-bond donors (Lipinski definition) is 2. The number of aliphatic hydroxyl groups is 2. The Morgan fingerprint density at radius 3 is 2.46 bits per heavy atom. The lowest BCUT2D eigenvalue weighted by Crippen LogP contribution is -2.30. The molecule has 6 nitrogen and oxygen atoms in total. The molecule has 148 valence electrons. The van der Waals surface area contributed by atoms with E-state index in [1.54, 1.807) is 37.6 Å². The molecule has 0 saturated carbocycles. The van der Waals surface area contributed by atoms with Crippen LogP contribution in [0.5, 0.6) is 5.75 Å². The Hall–Kier alpha value is -2.13. The summed E-state index contributed by atoms with van der Waals surface area (Å²) >= 11 is 0. The van der Waals surface area contributed by atoms with Gasteiger partial charge in [0.1, 0.15) is 12.0 Å². The highest BCUT2D eigenvalue weighted by Gasteiger charge is 2.37. The Balaban J connectivity index is 0.00000163. The van der Waals surface area contributed by atoms with Gasteiger partial charge in [0, 0.05) is 19.2 Å². The van der Waals surface area contributed by atoms with Gasteiger partial charge in [-0.2, -0.15) is 13.2 Å². The van der Waals surface area contributed by atoms with Gasteiger partial charge in [-0.25, -0.2) is 0 Å². The monoisotopic (exact) mass is 379 g/mol. The number of halogens is 3. The van der Waals surface area contributed by atoms with Crippen LogP contribution in [0.25, 0.3) is 0 Å². The molecule has 9 heteroatoms. The molecular formula is C17H24F3NO5. The highest BCUT2D eigenvalue weighted by molar-refractivity contribution is 5.51. The first kappa shape index (κ1) is 21.9. The average Bonchev–Trinajstić information content (AvgIpc) is 2.97. The number of ether oxygens (including phenoxy) is 3. The van der Waals surface area contributed by atoms with Crippen molar-refractivity contribution in [2.75, 3.05) is 32.3 Å². The smallest absolute Gasteiger partial charge is 0.414 e. The quantitative estimate of drug-likeness (QED) is 0.741. The zero-order valence-electron chi connectivity index (χ0n) is 14.9. The minimum absolute atomic E-state index is 0.153. The molecule has 0 aromatic heterocycles. The van der Waals surface area contributed by atoms with Crippen molar-refractivity contribution in [3.8, 4) is 5.75 Å². The molecule has 1 aliphatic heterocycles. The lowest BCUT2D eigenvalue weighted by molar-refractivity contribution is -0.206. The van der Waals surface area contributed by atoms with Crippen molar-refractivity contribution in [1.29, 1.82) is 0 Å². The zero-order chi connectivity index (χ0) is 19.7. The van der Waals surface area contributed by atoms with Gasteiger partial charge < -0.3 is 29.3 Å². The molecule has 26 heavy (non-hydrogen) atoms. The lowest BCUT2D eigenvalue weighted by Gasteiger charge is -2.21. The molecule has 2 atom stereocenters. The summed E-state index contributed by atoms with van der Waals surface area (Å²) in [6, 6.07) is 6.93. The van der Waals surface area contributed by atoms with Crippen LogP contribution >= 0.6 is 0 Å². The number of rotatable bonds is 6. The second-order valence-electron chi connectivity index (χ2n) is 5.35. The molecule has 1 aliphatic rings. The van der Waals surface area contributed by atoms with Crippen LogP contribution < -0.4 is 9.64 Å². The lowest BCUT2D eigenvalue weighted by atomic mass is 10.2. The van der Waals surface area contributed by atoms with E-state index >= 15 is 0 Å². The predicted molar refractivity (Wildman–Crippen MR) is 89.7 cm³/mol. The third-order valence-corrected chi connectivity index (χ3v) is 3.54. The van der Waals surface area contributed by atoms with Crippen LogP contribution in [0.2, 0.25) is 0 Å². The Morgan fingerprint density at radius 1 is 1.31 bits per heavy atom. The fourth-order valence-electron chi connectivity index (χ4n) is 2.30. The molecule has 0 radical (unpaired) electrons. The van der Waals surface area contributed by atoms with E-state index in [0.717, 1.165) is 12.8 Å². The third-order valence-electron chi connectivity index (χ3n) is 3.54. The van der Waals surface area contributed by atoms with Crippen molar-refractivity contribution in [1.82, 2.24) is 0 Å². The summed E-state index contributed by atoms with van der Waals surface area (Å²) in [6.07, 6.45) is -6.11. The van der Waals surface area contributed by atoms with Crippen molar-refractivity contribution in [2.45, 2.75) is 31.9 Å². The second-order valence-corrected chi connectivity index (χ2v) is 5.35. The molecule has 2 rings (SSSR count). The van der Waals surface area contributed by atoms with Crippen LogP contribution in [0.15, 0.2) is 36.3 Å². The molecule has 1 aromatic carbocycles. The maximum absolute atomic E-state index is 12.2. The standard InChI is InChI=1S/C16H20F3NO4.CH4O/c1-11-20(9-14(24-11)10-22-2)12-3-5-13(6-4-12)23-8-7-15(21)16(17,18)19;1-2/h3-6,10-11,15,21H,7-9H2,1-2H3;2H,1H3/b14-10+;/t11?,15-;/m1./s1. The molecular weight excluding hydrogens is 355 g/mol. The highest BCUT2D eigenvalue weighted by atomic mass is 19.4. The van der Waals surface area contributed by atoms with Crippen LogP contribution in [0.4, 0.5) is 18.9 Å². The summed E-state index contributed by atoms with van der Waals surface area (Å²) in [5.74, 6) is 1.15. The van der Waals surface area contributed by atoms with Crippen molar-refractivity contribution in [2.24, 2.45) is 0 Å². The fraction of sp³-hybridized carbons (Fsp3) is 0.529. The van der Waals surface area contributed by atoms with Crippen LogP contribution in [-0.2, 0) is 9.47 Å². The molecule has 1 fully saturated rings. The van der Waals surface area contributed by atoms with E-state index in [1.165, 1.54) is 0 Å². The number of hydrogen-bond acceptors (Lipinski definition) is 6. The van der Waals surface area contributed by atoms with E-state index in [2.05, 4.69) is 0 Å². The number of nitrogens with zero attached hydrogens (tertiary/aromatic N) is 1. The minimum Gasteiger partial charge on any atom is -0.501 e. The van der Waals surface area contributed by atoms with Gasteiger partial charge in [0.25, 0.3) is 0 Å². The second kappa shape index (κ2) is 10.1. The molecule has 1 aromatic rings. The normalized spacial score (nSPS) is 19.5. The van der Waals surface area contributed by atoms with Crippen LogP contribution in [0, 0.1) is 0 Å². The average molecular weight is 379 g/mol. The number of anilines is 1. The van der Waals surface area contributed by atoms with Gasteiger partial charge in [-0.1, -0.05) is 0 Å². The van der Waals surface area contributed by atoms with E-state index in [1.807, 2.05) is 11.8 Å². The number of benzene rings is 1. The highest BCUT2D eigenvalue weighted by Crippen LogP contribution is 2.28. The summed E-state index contributed by atoms with van der Waals surface area (Å²) in [4.78, 5) is 2.00. The van der Waals surface area contributed by atoms with E-state index < -0.39 is 18.7 Å². The maximum atomic E-state index is 12.2. The van der Waals surface area contributed by atoms with Gasteiger partial charge in [-0.15, -0.1) is 0 Å². The van der Waals surface area contributed by atoms with Crippen LogP contribution in [-0.4, -0.2) is 56.1 Å². The fourth-order valence-corrected chi connectivity index (χ4v) is 2.30. The first-order valence-corrected chi connectivity index (χ1v) is 7.88. The van der Waals surface area contributed by atoms with Crippen molar-refractivity contribution >= 4 is 5.69 Å². The first-order chi connectivity index (χ1) is 12.3. The van der Waals surface area contributed by atoms with Crippen molar-refractivity contribution in [3.63, 3.8) is 0 Å². The molecule has 1 heterocycles. The summed E-state index contributed by atoms with van der Waals surface area (Å²) in [6.45, 7) is 2.25. The predicted octanol–water partition coefficient (Wildman–Crippen LogP) is 2.66. The Labute approximate surface area is 150 Å². The molecule has 1 unspecified atom stereocenters. The Morgan fingerprint density at radius 2 is 1.92 bits per heavy atom. The Bertz CT molecular complexity index is 563. The van der Waals surface area contributed by atoms with Gasteiger partial charge >= 0.3 is 6.18 Å². The number of aliphatic hydroxyl groups excluding tert-OH is 2. The molecule has 0 aliphatic carbocycles. The first-order valence-electron chi connectivity index (χ1n) is 7.88. The summed E-state index contributed by atoms with van der Waals surface area (Å²) in [7, 11) is 2.55. The van der Waals surface area contributed by atoms with Crippen LogP contribution in [0.1, 0.15) is 13.3 Å². The summed E-state index contributed by atoms with van der Waals surface area (Å²) in [5, 5.41) is 15.9. The molecule has 0 amide bonds. The van der Waals surface area contributed by atoms with Gasteiger partial charge in [-0.05, 0) is 31.2 Å². The summed E-state index contributed by atoms with van der Waals surface area (Å²) < 4.78 is 52.3. The number of methoxy groups -OCH3 is 1. The maximum Gasteiger partial charge on any atom is 0.414 e. The van der Waals surface area contributed by atoms with Crippen LogP contribution in [0.3, 0.4) is 0 Å². The number of alkyl halides is 3. The van der Waals surface area contributed by atoms with Gasteiger partial charge in [0.15, 0.2) is 18.1 Å². The largest absolute Gasteiger partial charge is 0.501 e. The van der Waals surface area contributed by atoms with E-state index in [0.29, 0.717) is 18.1 Å². The SMILES string of the molecule is CO.CO/C=C1\CN(c2ccc(OCC[C@@H](O)C(F)(F)F)cc2)C(C)O1. The van der Waals surface area contributed by atoms with Gasteiger partial charge in [-0.3, -0.25) is 0 Å². The van der Waals surface area contributed by atoms with E-state index in [-0.39, 0.29) is 12.8 Å². The van der Waals surface area contributed by atoms with E-state index in [9.17, 15) is 13.2 Å². The zero-order valence-corrected chi connectivity index (χ0v) is 14.9. The Kier molecular flexibility index (Phi) is 8.53. The molecule has 1 saturated heterocycles. The molecule has 0 spiro atoms. The molecule has 2 N–H and O–H groups in total. The van der Waals surface area contributed by atoms with E-state index in [4.69, 9.17) is 24.4 Å². The minimum atomic E-state index is -4.62. The summed E-state index contributed by atoms with van der Waals surface area (Å²) in [5.41, 5.74) is 0.893. The van der Waals surface area contributed by atoms with Gasteiger partial charge in [0.05, 0.1) is 20.3 Å². The van der Waals surface area contributed by atoms with Gasteiger partial charge in [0.2, 0.25) is 0 Å². The van der Waals surface area contributed by atoms with Crippen molar-refractivity contribution in [3.05, 3.63) is 36.3 Å². The topological polar surface area (TPSA) is 71.4 Å². The van der Waals surface area contributed by atoms with Crippen molar-refractivity contribution < 1.29 is 37.6 Å². The molecule has 0 bridgehead atoms. The third kappa shape index (κ3) is 6.30.